The number of amides is 1. The van der Waals surface area contributed by atoms with Crippen molar-refractivity contribution in [3.63, 3.8) is 0 Å². The lowest BCUT2D eigenvalue weighted by Crippen LogP contribution is -2.46. The van der Waals surface area contributed by atoms with Gasteiger partial charge in [-0.15, -0.1) is 0 Å². The smallest absolute Gasteiger partial charge is 0.248 e. The van der Waals surface area contributed by atoms with Crippen LogP contribution in [-0.2, 0) is 16.1 Å². The van der Waals surface area contributed by atoms with Crippen molar-refractivity contribution in [2.75, 3.05) is 39.9 Å². The molecule has 6 heteroatoms. The Labute approximate surface area is 120 Å². The van der Waals surface area contributed by atoms with Gasteiger partial charge < -0.3 is 14.5 Å². The summed E-state index contributed by atoms with van der Waals surface area (Å²) in [6, 6.07) is 2.20. The third-order valence-electron chi connectivity index (χ3n) is 3.87. The highest BCUT2D eigenvalue weighted by Crippen LogP contribution is 2.21. The Morgan fingerprint density at radius 3 is 2.90 bits per heavy atom. The molecule has 1 aliphatic rings. The van der Waals surface area contributed by atoms with Gasteiger partial charge in [0.2, 0.25) is 5.91 Å². The molecule has 112 valence electrons. The Morgan fingerprint density at radius 1 is 1.50 bits per heavy atom. The Hall–Kier alpha value is -1.40. The lowest BCUT2D eigenvalue weighted by atomic mass is 10.1. The van der Waals surface area contributed by atoms with Crippen LogP contribution in [-0.4, -0.2) is 65.4 Å². The fraction of sp³-hybridized carbons (Fsp3) is 0.714. The summed E-state index contributed by atoms with van der Waals surface area (Å²) in [5, 5.41) is 4.42. The molecule has 0 N–H and O–H groups in total. The van der Waals surface area contributed by atoms with E-state index in [0.29, 0.717) is 13.1 Å². The maximum absolute atomic E-state index is 12.1. The molecule has 0 spiro atoms. The van der Waals surface area contributed by atoms with Gasteiger partial charge in [-0.25, -0.2) is 0 Å². The molecule has 0 aromatic carbocycles. The molecule has 2 rings (SSSR count). The number of ether oxygens (including phenoxy) is 1. The van der Waals surface area contributed by atoms with Crippen molar-refractivity contribution in [2.24, 2.45) is 0 Å². The van der Waals surface area contributed by atoms with Crippen LogP contribution in [0.25, 0.3) is 0 Å². The number of fused-ring (bicyclic) bond motifs is 1. The van der Waals surface area contributed by atoms with Crippen LogP contribution in [0.5, 0.6) is 0 Å². The van der Waals surface area contributed by atoms with E-state index in [0.717, 1.165) is 25.3 Å². The van der Waals surface area contributed by atoms with E-state index < -0.39 is 0 Å². The van der Waals surface area contributed by atoms with E-state index in [1.54, 1.807) is 7.11 Å². The van der Waals surface area contributed by atoms with Gasteiger partial charge in [-0.05, 0) is 19.2 Å². The summed E-state index contributed by atoms with van der Waals surface area (Å²) < 4.78 is 7.03. The fourth-order valence-electron chi connectivity index (χ4n) is 2.71. The van der Waals surface area contributed by atoms with Gasteiger partial charge >= 0.3 is 0 Å². The fourth-order valence-corrected chi connectivity index (χ4v) is 2.71. The average Bonchev–Trinajstić information content (AvgIpc) is 2.93. The Morgan fingerprint density at radius 2 is 2.25 bits per heavy atom. The molecule has 0 aliphatic carbocycles. The molecular formula is C14H24N4O2. The van der Waals surface area contributed by atoms with Crippen molar-refractivity contribution >= 4 is 5.91 Å². The molecule has 6 nitrogen and oxygen atoms in total. The Bertz CT molecular complexity index is 442. The predicted octanol–water partition coefficient (Wildman–Crippen LogP) is 0.755. The average molecular weight is 280 g/mol. The number of carbonyl (C=O) groups is 1. The zero-order valence-corrected chi connectivity index (χ0v) is 12.6. The summed E-state index contributed by atoms with van der Waals surface area (Å²) in [4.78, 5) is 16.3. The first-order valence-electron chi connectivity index (χ1n) is 7.21. The number of hydrogen-bond acceptors (Lipinski definition) is 4. The van der Waals surface area contributed by atoms with Crippen molar-refractivity contribution < 1.29 is 9.53 Å². The van der Waals surface area contributed by atoms with E-state index in [1.165, 1.54) is 0 Å². The van der Waals surface area contributed by atoms with E-state index >= 15 is 0 Å². The summed E-state index contributed by atoms with van der Waals surface area (Å²) >= 11 is 0. The molecule has 0 radical (unpaired) electrons. The highest BCUT2D eigenvalue weighted by molar-refractivity contribution is 5.77. The minimum absolute atomic E-state index is 0.0458. The van der Waals surface area contributed by atoms with E-state index in [4.69, 9.17) is 4.74 Å². The third-order valence-corrected chi connectivity index (χ3v) is 3.87. The normalized spacial score (nSPS) is 18.4. The zero-order valence-electron chi connectivity index (χ0n) is 12.6. The maximum atomic E-state index is 12.1. The van der Waals surface area contributed by atoms with Gasteiger partial charge in [-0.2, -0.15) is 5.10 Å². The first-order valence-corrected chi connectivity index (χ1v) is 7.21. The topological polar surface area (TPSA) is 50.6 Å². The predicted molar refractivity (Wildman–Crippen MR) is 76.3 cm³/mol. The van der Waals surface area contributed by atoms with Gasteiger partial charge in [0.25, 0.3) is 0 Å². The van der Waals surface area contributed by atoms with Gasteiger partial charge in [0.15, 0.2) is 0 Å². The maximum Gasteiger partial charge on any atom is 0.248 e. The molecule has 1 aromatic heterocycles. The van der Waals surface area contributed by atoms with Gasteiger partial charge in [0.1, 0.15) is 6.61 Å². The molecule has 0 saturated heterocycles. The molecule has 2 heterocycles. The van der Waals surface area contributed by atoms with E-state index in [-0.39, 0.29) is 18.6 Å². The van der Waals surface area contributed by atoms with Gasteiger partial charge in [0, 0.05) is 26.4 Å². The molecule has 1 atom stereocenters. The summed E-state index contributed by atoms with van der Waals surface area (Å²) in [5.41, 5.74) is 1.10. The zero-order chi connectivity index (χ0) is 14.5. The minimum Gasteiger partial charge on any atom is -0.375 e. The highest BCUT2D eigenvalue weighted by atomic mass is 16.5. The third kappa shape index (κ3) is 3.19. The Balaban J connectivity index is 2.12. The van der Waals surface area contributed by atoms with Crippen LogP contribution in [0.2, 0.25) is 0 Å². The highest BCUT2D eigenvalue weighted by Gasteiger charge is 2.29. The molecule has 0 unspecified atom stereocenters. The van der Waals surface area contributed by atoms with Gasteiger partial charge in [0.05, 0.1) is 18.3 Å². The van der Waals surface area contributed by atoms with Crippen molar-refractivity contribution in [3.8, 4) is 0 Å². The second-order valence-corrected chi connectivity index (χ2v) is 5.11. The summed E-state index contributed by atoms with van der Waals surface area (Å²) in [7, 11) is 1.56. The lowest BCUT2D eigenvalue weighted by molar-refractivity contribution is -0.137. The van der Waals surface area contributed by atoms with Crippen molar-refractivity contribution in [1.29, 1.82) is 0 Å². The van der Waals surface area contributed by atoms with Crippen LogP contribution >= 0.6 is 0 Å². The van der Waals surface area contributed by atoms with Crippen molar-refractivity contribution in [1.82, 2.24) is 19.6 Å². The molecule has 1 amide bonds. The van der Waals surface area contributed by atoms with Gasteiger partial charge in [-0.1, -0.05) is 13.8 Å². The molecule has 0 saturated carbocycles. The van der Waals surface area contributed by atoms with E-state index in [9.17, 15) is 4.79 Å². The van der Waals surface area contributed by atoms with Crippen molar-refractivity contribution in [2.45, 2.75) is 26.4 Å². The molecular weight excluding hydrogens is 256 g/mol. The molecule has 0 bridgehead atoms. The van der Waals surface area contributed by atoms with Crippen molar-refractivity contribution in [3.05, 3.63) is 18.0 Å². The first kappa shape index (κ1) is 15.0. The van der Waals surface area contributed by atoms with Crippen LogP contribution in [0, 0.1) is 0 Å². The monoisotopic (exact) mass is 280 g/mol. The van der Waals surface area contributed by atoms with Crippen LogP contribution in [0.3, 0.4) is 0 Å². The first-order chi connectivity index (χ1) is 9.69. The SMILES string of the molecule is CCN(CC)C[C@@H]1CN(C(=O)COC)Cc2ccnn21. The number of likely N-dealkylation sites (N-methyl/N-ethyl adjacent to an activating group) is 1. The second-order valence-electron chi connectivity index (χ2n) is 5.11. The summed E-state index contributed by atoms with van der Waals surface area (Å²) in [5.74, 6) is 0.0458. The molecule has 1 aliphatic heterocycles. The minimum atomic E-state index is 0.0458. The van der Waals surface area contributed by atoms with Crippen LogP contribution < -0.4 is 0 Å². The Kier molecular flexibility index (Phi) is 5.14. The number of carbonyl (C=O) groups excluding carboxylic acids is 1. The number of nitrogens with zero attached hydrogens (tertiary/aromatic N) is 4. The molecule has 20 heavy (non-hydrogen) atoms. The molecule has 1 aromatic rings. The second kappa shape index (κ2) is 6.85. The lowest BCUT2D eigenvalue weighted by Gasteiger charge is -2.36. The largest absolute Gasteiger partial charge is 0.375 e. The van der Waals surface area contributed by atoms with E-state index in [2.05, 4.69) is 28.5 Å². The summed E-state index contributed by atoms with van der Waals surface area (Å²) in [6.07, 6.45) is 1.81. The van der Waals surface area contributed by atoms with Crippen LogP contribution in [0.15, 0.2) is 12.3 Å². The number of aromatic nitrogens is 2. The quantitative estimate of drug-likeness (QED) is 0.772. The standard InChI is InChI=1S/C14H24N4O2/c1-4-16(5-2)8-13-10-17(14(19)11-20-3)9-12-6-7-15-18(12)13/h6-7,13H,4-5,8-11H2,1-3H3/t13-/m1/s1. The molecule has 0 fully saturated rings. The van der Waals surface area contributed by atoms with Crippen LogP contribution in [0.4, 0.5) is 0 Å². The van der Waals surface area contributed by atoms with E-state index in [1.807, 2.05) is 17.2 Å². The number of rotatable bonds is 6. The number of methoxy groups -OCH3 is 1. The number of hydrogen-bond donors (Lipinski definition) is 0. The van der Waals surface area contributed by atoms with Gasteiger partial charge in [-0.3, -0.25) is 9.48 Å². The summed E-state index contributed by atoms with van der Waals surface area (Å²) in [6.45, 7) is 8.72. The van der Waals surface area contributed by atoms with Crippen LogP contribution in [0.1, 0.15) is 25.6 Å².